The molecule has 0 aliphatic carbocycles. The van der Waals surface area contributed by atoms with Crippen LogP contribution in [0, 0.1) is 0 Å². The lowest BCUT2D eigenvalue weighted by atomic mass is 10.2. The maximum atomic E-state index is 6.20. The summed E-state index contributed by atoms with van der Waals surface area (Å²) in [5.41, 5.74) is 0. The zero-order valence-corrected chi connectivity index (χ0v) is 14.6. The molecule has 1 atom stereocenters. The molecule has 0 fully saturated rings. The number of nitrogens with zero attached hydrogens (tertiary/aromatic N) is 1. The molecule has 20 heavy (non-hydrogen) atoms. The molecule has 0 aliphatic heterocycles. The Balaban J connectivity index is 2.68. The van der Waals surface area contributed by atoms with Crippen molar-refractivity contribution in [3.63, 3.8) is 0 Å². The summed E-state index contributed by atoms with van der Waals surface area (Å²) < 4.78 is 0. The first-order valence-corrected chi connectivity index (χ1v) is 8.93. The van der Waals surface area contributed by atoms with Crippen LogP contribution >= 0.6 is 35.0 Å². The van der Waals surface area contributed by atoms with Gasteiger partial charge in [-0.2, -0.15) is 11.8 Å². The number of anilines is 2. The molecule has 0 spiro atoms. The standard InChI is InChI=1S/C14H23Cl2N3S/c1-4-7-17-13-11(15)9-12(16)14(19-13)18-10(3)6-8-20-5-2/h9-10H,4-8H2,1-3H3,(H2,17,18,19). The minimum Gasteiger partial charge on any atom is -0.369 e. The minimum atomic E-state index is 0.333. The molecule has 0 saturated carbocycles. The van der Waals surface area contributed by atoms with Crippen molar-refractivity contribution in [3.8, 4) is 0 Å². The molecule has 114 valence electrons. The number of nitrogens with one attached hydrogen (secondary N) is 2. The van der Waals surface area contributed by atoms with Crippen molar-refractivity contribution in [2.45, 2.75) is 39.7 Å². The van der Waals surface area contributed by atoms with Gasteiger partial charge in [-0.05, 0) is 37.3 Å². The quantitative estimate of drug-likeness (QED) is 0.611. The molecule has 0 aromatic carbocycles. The van der Waals surface area contributed by atoms with Gasteiger partial charge >= 0.3 is 0 Å². The third-order valence-corrected chi connectivity index (χ3v) is 4.26. The van der Waals surface area contributed by atoms with Crippen LogP contribution < -0.4 is 10.6 Å². The van der Waals surface area contributed by atoms with Gasteiger partial charge in [-0.1, -0.05) is 37.0 Å². The normalized spacial score (nSPS) is 12.2. The maximum absolute atomic E-state index is 6.20. The molecule has 1 unspecified atom stereocenters. The average molecular weight is 336 g/mol. The molecule has 1 rings (SSSR count). The molecule has 6 heteroatoms. The van der Waals surface area contributed by atoms with Gasteiger partial charge < -0.3 is 10.6 Å². The highest BCUT2D eigenvalue weighted by Crippen LogP contribution is 2.29. The molecule has 3 nitrogen and oxygen atoms in total. The predicted molar refractivity (Wildman–Crippen MR) is 93.7 cm³/mol. The fourth-order valence-corrected chi connectivity index (χ4v) is 2.93. The van der Waals surface area contributed by atoms with Gasteiger partial charge in [0.1, 0.15) is 11.6 Å². The number of rotatable bonds is 9. The van der Waals surface area contributed by atoms with Crippen molar-refractivity contribution in [1.82, 2.24) is 4.98 Å². The molecule has 0 bridgehead atoms. The molecule has 0 amide bonds. The Labute approximate surface area is 136 Å². The number of hydrogen-bond acceptors (Lipinski definition) is 4. The van der Waals surface area contributed by atoms with Gasteiger partial charge in [-0.15, -0.1) is 0 Å². The monoisotopic (exact) mass is 335 g/mol. The lowest BCUT2D eigenvalue weighted by molar-refractivity contribution is 0.766. The minimum absolute atomic E-state index is 0.333. The van der Waals surface area contributed by atoms with Gasteiger partial charge in [0.15, 0.2) is 0 Å². The first-order chi connectivity index (χ1) is 9.58. The van der Waals surface area contributed by atoms with Crippen LogP contribution in [0.2, 0.25) is 10.0 Å². The van der Waals surface area contributed by atoms with E-state index in [0.29, 0.717) is 27.7 Å². The van der Waals surface area contributed by atoms with Gasteiger partial charge in [-0.25, -0.2) is 4.98 Å². The Bertz CT molecular complexity index is 416. The summed E-state index contributed by atoms with van der Waals surface area (Å²) in [5.74, 6) is 3.67. The van der Waals surface area contributed by atoms with Crippen LogP contribution in [0.4, 0.5) is 11.6 Å². The summed E-state index contributed by atoms with van der Waals surface area (Å²) >= 11 is 14.3. The van der Waals surface area contributed by atoms with E-state index in [0.717, 1.165) is 30.9 Å². The highest BCUT2D eigenvalue weighted by Gasteiger charge is 2.11. The largest absolute Gasteiger partial charge is 0.369 e. The summed E-state index contributed by atoms with van der Waals surface area (Å²) in [6.07, 6.45) is 2.10. The van der Waals surface area contributed by atoms with Crippen molar-refractivity contribution < 1.29 is 0 Å². The first kappa shape index (κ1) is 17.7. The van der Waals surface area contributed by atoms with E-state index in [1.165, 1.54) is 0 Å². The lowest BCUT2D eigenvalue weighted by Crippen LogP contribution is -2.18. The van der Waals surface area contributed by atoms with Crippen LogP contribution in [0.5, 0.6) is 0 Å². The van der Waals surface area contributed by atoms with Crippen molar-refractivity contribution in [3.05, 3.63) is 16.1 Å². The third kappa shape index (κ3) is 5.98. The molecule has 0 radical (unpaired) electrons. The van der Waals surface area contributed by atoms with Crippen molar-refractivity contribution >= 4 is 46.6 Å². The Morgan fingerprint density at radius 3 is 2.60 bits per heavy atom. The maximum Gasteiger partial charge on any atom is 0.147 e. The lowest BCUT2D eigenvalue weighted by Gasteiger charge is -2.17. The second-order valence-electron chi connectivity index (χ2n) is 4.61. The second kappa shape index (κ2) is 9.59. The van der Waals surface area contributed by atoms with Crippen LogP contribution in [0.3, 0.4) is 0 Å². The first-order valence-electron chi connectivity index (χ1n) is 7.02. The van der Waals surface area contributed by atoms with Gasteiger partial charge in [0.25, 0.3) is 0 Å². The molecule has 2 N–H and O–H groups in total. The number of pyridine rings is 1. The van der Waals surface area contributed by atoms with E-state index >= 15 is 0 Å². The van der Waals surface area contributed by atoms with Gasteiger partial charge in [0.2, 0.25) is 0 Å². The highest BCUT2D eigenvalue weighted by molar-refractivity contribution is 7.99. The number of thioether (sulfide) groups is 1. The van der Waals surface area contributed by atoms with E-state index < -0.39 is 0 Å². The van der Waals surface area contributed by atoms with E-state index in [-0.39, 0.29) is 0 Å². The zero-order chi connectivity index (χ0) is 15.0. The molecular weight excluding hydrogens is 313 g/mol. The molecule has 1 heterocycles. The Morgan fingerprint density at radius 1 is 1.25 bits per heavy atom. The topological polar surface area (TPSA) is 37.0 Å². The van der Waals surface area contributed by atoms with E-state index in [4.69, 9.17) is 23.2 Å². The third-order valence-electron chi connectivity index (χ3n) is 2.75. The van der Waals surface area contributed by atoms with Crippen LogP contribution in [-0.2, 0) is 0 Å². The number of halogens is 2. The fourth-order valence-electron chi connectivity index (χ4n) is 1.65. The Morgan fingerprint density at radius 2 is 1.95 bits per heavy atom. The van der Waals surface area contributed by atoms with Crippen molar-refractivity contribution in [2.75, 3.05) is 28.7 Å². The average Bonchev–Trinajstić information content (AvgIpc) is 2.41. The summed E-state index contributed by atoms with van der Waals surface area (Å²) in [5, 5.41) is 7.69. The molecule has 1 aromatic rings. The van der Waals surface area contributed by atoms with Gasteiger partial charge in [-0.3, -0.25) is 0 Å². The van der Waals surface area contributed by atoms with E-state index in [9.17, 15) is 0 Å². The summed E-state index contributed by atoms with van der Waals surface area (Å²) in [6, 6.07) is 2.07. The summed E-state index contributed by atoms with van der Waals surface area (Å²) in [4.78, 5) is 4.48. The van der Waals surface area contributed by atoms with Crippen LogP contribution in [0.15, 0.2) is 6.07 Å². The van der Waals surface area contributed by atoms with Gasteiger partial charge in [0.05, 0.1) is 10.0 Å². The molecular formula is C14H23Cl2N3S. The van der Waals surface area contributed by atoms with E-state index in [1.807, 2.05) is 11.8 Å². The predicted octanol–water partition coefficient (Wildman–Crippen LogP) is 5.15. The summed E-state index contributed by atoms with van der Waals surface area (Å²) in [7, 11) is 0. The molecule has 0 aliphatic rings. The summed E-state index contributed by atoms with van der Waals surface area (Å²) in [6.45, 7) is 7.26. The molecule has 0 saturated heterocycles. The Hall–Kier alpha value is -0.320. The van der Waals surface area contributed by atoms with Crippen molar-refractivity contribution in [1.29, 1.82) is 0 Å². The smallest absolute Gasteiger partial charge is 0.147 e. The highest BCUT2D eigenvalue weighted by atomic mass is 35.5. The SMILES string of the molecule is CCCNc1nc(NC(C)CCSCC)c(Cl)cc1Cl. The fraction of sp³-hybridized carbons (Fsp3) is 0.643. The van der Waals surface area contributed by atoms with Crippen LogP contribution in [0.25, 0.3) is 0 Å². The van der Waals surface area contributed by atoms with Gasteiger partial charge in [0, 0.05) is 12.6 Å². The van der Waals surface area contributed by atoms with Crippen molar-refractivity contribution in [2.24, 2.45) is 0 Å². The van der Waals surface area contributed by atoms with E-state index in [1.54, 1.807) is 6.07 Å². The Kier molecular flexibility index (Phi) is 8.50. The second-order valence-corrected chi connectivity index (χ2v) is 6.82. The molecule has 1 aromatic heterocycles. The van der Waals surface area contributed by atoms with Crippen LogP contribution in [0.1, 0.15) is 33.6 Å². The number of hydrogen-bond donors (Lipinski definition) is 2. The number of aromatic nitrogens is 1. The zero-order valence-electron chi connectivity index (χ0n) is 12.3. The van der Waals surface area contributed by atoms with E-state index in [2.05, 4.69) is 36.4 Å². The van der Waals surface area contributed by atoms with Crippen LogP contribution in [-0.4, -0.2) is 29.1 Å².